The van der Waals surface area contributed by atoms with Crippen LogP contribution in [0.1, 0.15) is 37.0 Å². The van der Waals surface area contributed by atoms with Crippen molar-refractivity contribution in [1.29, 1.82) is 0 Å². The zero-order chi connectivity index (χ0) is 29.1. The average molecular weight is 587 g/mol. The molecule has 42 heavy (non-hydrogen) atoms. The van der Waals surface area contributed by atoms with Crippen molar-refractivity contribution in [2.45, 2.75) is 32.1 Å². The number of carbonyl (C=O) groups is 2. The molecule has 3 heterocycles. The van der Waals surface area contributed by atoms with Gasteiger partial charge in [0, 0.05) is 36.1 Å². The number of amides is 2. The number of thiophene rings is 1. The highest BCUT2D eigenvalue weighted by molar-refractivity contribution is 7.19. The first-order chi connectivity index (χ1) is 20.4. The fourth-order valence-electron chi connectivity index (χ4n) is 4.93. The molecule has 6 rings (SSSR count). The maximum Gasteiger partial charge on any atom is 0.240 e. The highest BCUT2D eigenvalue weighted by Crippen LogP contribution is 2.47. The standard InChI is InChI=1S/C32H28F2N4O3S/c33-21-6-8-22(9-7-21)37-30(39)32(13-14-32)31(40)38-23-10-11-27(25(34)17-23)41-28-12-16-36-26-18-24(42-29(26)28)5-1-3-20-4-2-15-35-19-20/h6-12,16-18,20,35H,2-4,13-15,19H2,(H,37,39)(H,38,40). The Hall–Kier alpha value is -4.33. The highest BCUT2D eigenvalue weighted by atomic mass is 32.1. The smallest absolute Gasteiger partial charge is 0.240 e. The van der Waals surface area contributed by atoms with Gasteiger partial charge in [0.1, 0.15) is 17.0 Å². The van der Waals surface area contributed by atoms with Crippen LogP contribution in [0.15, 0.2) is 60.8 Å². The monoisotopic (exact) mass is 586 g/mol. The Morgan fingerprint density at radius 1 is 1.02 bits per heavy atom. The van der Waals surface area contributed by atoms with Crippen LogP contribution in [0.2, 0.25) is 0 Å². The number of nitrogens with one attached hydrogen (secondary N) is 3. The summed E-state index contributed by atoms with van der Waals surface area (Å²) in [6, 6.07) is 13.0. The molecule has 2 aliphatic rings. The van der Waals surface area contributed by atoms with Gasteiger partial charge in [-0.1, -0.05) is 11.8 Å². The Balaban J connectivity index is 1.11. The molecule has 214 valence electrons. The third kappa shape index (κ3) is 6.12. The van der Waals surface area contributed by atoms with E-state index < -0.39 is 28.9 Å². The van der Waals surface area contributed by atoms with Crippen LogP contribution in [0.3, 0.4) is 0 Å². The molecule has 7 nitrogen and oxygen atoms in total. The van der Waals surface area contributed by atoms with Gasteiger partial charge in [0.15, 0.2) is 11.6 Å². The number of piperidine rings is 1. The Morgan fingerprint density at radius 2 is 1.79 bits per heavy atom. The van der Waals surface area contributed by atoms with Crippen LogP contribution < -0.4 is 20.7 Å². The number of rotatable bonds is 7. The van der Waals surface area contributed by atoms with Gasteiger partial charge in [-0.15, -0.1) is 11.3 Å². The van der Waals surface area contributed by atoms with Crippen molar-refractivity contribution in [3.63, 3.8) is 0 Å². The van der Waals surface area contributed by atoms with Crippen LogP contribution in [0.25, 0.3) is 10.2 Å². The normalized spacial score (nSPS) is 17.1. The van der Waals surface area contributed by atoms with Gasteiger partial charge in [0.05, 0.1) is 15.1 Å². The molecular formula is C32H28F2N4O3S. The molecule has 2 aromatic heterocycles. The fourth-order valence-corrected chi connectivity index (χ4v) is 5.87. The number of aromatic nitrogens is 1. The van der Waals surface area contributed by atoms with Crippen LogP contribution in [-0.2, 0) is 9.59 Å². The Labute approximate surface area is 245 Å². The number of halogens is 2. The molecule has 2 aromatic carbocycles. The third-order valence-electron chi connectivity index (χ3n) is 7.51. The van der Waals surface area contributed by atoms with Crippen molar-refractivity contribution in [1.82, 2.24) is 10.3 Å². The van der Waals surface area contributed by atoms with Crippen molar-refractivity contribution < 1.29 is 23.1 Å². The summed E-state index contributed by atoms with van der Waals surface area (Å²) in [6.45, 7) is 2.08. The van der Waals surface area contributed by atoms with Gasteiger partial charge >= 0.3 is 0 Å². The Morgan fingerprint density at radius 3 is 2.50 bits per heavy atom. The Kier molecular flexibility index (Phi) is 7.87. The lowest BCUT2D eigenvalue weighted by molar-refractivity contribution is -0.131. The van der Waals surface area contributed by atoms with Gasteiger partial charge in [0.2, 0.25) is 11.8 Å². The summed E-state index contributed by atoms with van der Waals surface area (Å²) in [5.74, 6) is 5.43. The molecule has 0 radical (unpaired) electrons. The van der Waals surface area contributed by atoms with Gasteiger partial charge in [-0.2, -0.15) is 0 Å². The van der Waals surface area contributed by atoms with Gasteiger partial charge in [-0.3, -0.25) is 14.6 Å². The number of benzene rings is 2. The van der Waals surface area contributed by atoms with Crippen LogP contribution >= 0.6 is 11.3 Å². The van der Waals surface area contributed by atoms with E-state index >= 15 is 4.39 Å². The largest absolute Gasteiger partial charge is 0.453 e. The van der Waals surface area contributed by atoms with Crippen molar-refractivity contribution in [3.8, 4) is 23.3 Å². The number of ether oxygens (including phenoxy) is 1. The first-order valence-electron chi connectivity index (χ1n) is 13.8. The van der Waals surface area contributed by atoms with E-state index in [-0.39, 0.29) is 11.4 Å². The molecule has 1 unspecified atom stereocenters. The predicted molar refractivity (Wildman–Crippen MR) is 159 cm³/mol. The zero-order valence-electron chi connectivity index (χ0n) is 22.6. The van der Waals surface area contributed by atoms with E-state index in [1.54, 1.807) is 12.3 Å². The van der Waals surface area contributed by atoms with Crippen molar-refractivity contribution >= 4 is 44.7 Å². The number of anilines is 2. The molecule has 1 aliphatic carbocycles. The minimum atomic E-state index is -1.25. The second-order valence-electron chi connectivity index (χ2n) is 10.6. The maximum absolute atomic E-state index is 15.1. The molecule has 2 fully saturated rings. The molecule has 0 spiro atoms. The summed E-state index contributed by atoms with van der Waals surface area (Å²) >= 11 is 1.45. The first kappa shape index (κ1) is 27.8. The summed E-state index contributed by atoms with van der Waals surface area (Å²) in [5.41, 5.74) is 0.0575. The Bertz CT molecular complexity index is 1700. The van der Waals surface area contributed by atoms with E-state index in [2.05, 4.69) is 32.8 Å². The van der Waals surface area contributed by atoms with Crippen molar-refractivity contribution in [2.75, 3.05) is 23.7 Å². The second-order valence-corrected chi connectivity index (χ2v) is 11.6. The van der Waals surface area contributed by atoms with Gasteiger partial charge in [0.25, 0.3) is 0 Å². The van der Waals surface area contributed by atoms with Crippen LogP contribution in [0.4, 0.5) is 20.2 Å². The fraction of sp³-hybridized carbons (Fsp3) is 0.281. The molecule has 0 bridgehead atoms. The number of hydrogen-bond donors (Lipinski definition) is 3. The van der Waals surface area contributed by atoms with Crippen molar-refractivity contribution in [3.05, 3.63) is 77.3 Å². The zero-order valence-corrected chi connectivity index (χ0v) is 23.5. The molecule has 3 N–H and O–H groups in total. The lowest BCUT2D eigenvalue weighted by Crippen LogP contribution is -2.35. The highest BCUT2D eigenvalue weighted by Gasteiger charge is 2.56. The number of pyridine rings is 1. The SMILES string of the molecule is O=C(Nc1ccc(F)cc1)C1(C(=O)Nc2ccc(Oc3ccnc4cc(C#CCC5CCCNC5)sc34)c(F)c2)CC1. The molecular weight excluding hydrogens is 558 g/mol. The van der Waals surface area contributed by atoms with Crippen LogP contribution in [0.5, 0.6) is 11.5 Å². The summed E-state index contributed by atoms with van der Waals surface area (Å²) < 4.78 is 35.0. The number of fused-ring (bicyclic) bond motifs is 1. The lowest BCUT2D eigenvalue weighted by Gasteiger charge is -2.20. The first-order valence-corrected chi connectivity index (χ1v) is 14.7. The molecule has 1 atom stereocenters. The molecule has 1 saturated carbocycles. The number of hydrogen-bond acceptors (Lipinski definition) is 6. The topological polar surface area (TPSA) is 92.4 Å². The van der Waals surface area contributed by atoms with Crippen LogP contribution in [0, 0.1) is 34.8 Å². The van der Waals surface area contributed by atoms with E-state index in [1.165, 1.54) is 60.6 Å². The molecule has 4 aromatic rings. The average Bonchev–Trinajstić information content (AvgIpc) is 3.70. The molecule has 1 saturated heterocycles. The van der Waals surface area contributed by atoms with E-state index in [1.807, 2.05) is 6.07 Å². The van der Waals surface area contributed by atoms with E-state index in [9.17, 15) is 14.0 Å². The van der Waals surface area contributed by atoms with Gasteiger partial charge in [-0.05, 0) is 87.2 Å². The predicted octanol–water partition coefficient (Wildman–Crippen LogP) is 6.47. The van der Waals surface area contributed by atoms with Crippen molar-refractivity contribution in [2.24, 2.45) is 11.3 Å². The molecule has 10 heteroatoms. The second kappa shape index (κ2) is 11.9. The maximum atomic E-state index is 15.1. The third-order valence-corrected chi connectivity index (χ3v) is 8.56. The van der Waals surface area contributed by atoms with Gasteiger partial charge < -0.3 is 20.7 Å². The van der Waals surface area contributed by atoms with E-state index in [4.69, 9.17) is 4.74 Å². The molecule has 1 aliphatic heterocycles. The number of nitrogens with zero attached hydrogens (tertiary/aromatic N) is 1. The minimum Gasteiger partial charge on any atom is -0.453 e. The summed E-state index contributed by atoms with van der Waals surface area (Å²) in [7, 11) is 0. The summed E-state index contributed by atoms with van der Waals surface area (Å²) in [5, 5.41) is 8.71. The summed E-state index contributed by atoms with van der Waals surface area (Å²) in [6.07, 6.45) is 5.53. The van der Waals surface area contributed by atoms with Gasteiger partial charge in [-0.25, -0.2) is 8.78 Å². The quantitative estimate of drug-likeness (QED) is 0.171. The van der Waals surface area contributed by atoms with Crippen LogP contribution in [-0.4, -0.2) is 29.9 Å². The minimum absolute atomic E-state index is 0.0125. The van der Waals surface area contributed by atoms with E-state index in [0.717, 1.165) is 40.7 Å². The summed E-state index contributed by atoms with van der Waals surface area (Å²) in [4.78, 5) is 31.1. The molecule has 2 amide bonds. The number of carbonyl (C=O) groups excluding carboxylic acids is 2. The lowest BCUT2D eigenvalue weighted by atomic mass is 9.97. The van der Waals surface area contributed by atoms with E-state index in [0.29, 0.717) is 30.2 Å².